The van der Waals surface area contributed by atoms with Gasteiger partial charge < -0.3 is 9.47 Å². The third-order valence-electron chi connectivity index (χ3n) is 8.98. The predicted molar refractivity (Wildman–Crippen MR) is 163 cm³/mol. The fourth-order valence-electron chi connectivity index (χ4n) is 6.83. The van der Waals surface area contributed by atoms with Gasteiger partial charge in [0.15, 0.2) is 0 Å². The van der Waals surface area contributed by atoms with Crippen LogP contribution in [0, 0.1) is 0 Å². The van der Waals surface area contributed by atoms with Gasteiger partial charge in [0, 0.05) is 31.0 Å². The molecular formula is C29H47N5O6S2. The summed E-state index contributed by atoms with van der Waals surface area (Å²) >= 11 is 0. The third kappa shape index (κ3) is 9.57. The molecule has 42 heavy (non-hydrogen) atoms. The Morgan fingerprint density at radius 1 is 0.810 bits per heavy atom. The predicted octanol–water partition coefficient (Wildman–Crippen LogP) is 3.87. The maximum absolute atomic E-state index is 10.3. The molecule has 4 aliphatic rings. The van der Waals surface area contributed by atoms with Crippen molar-refractivity contribution < 1.29 is 25.9 Å². The molecule has 2 aliphatic heterocycles. The highest BCUT2D eigenvalue weighted by Crippen LogP contribution is 2.43. The molecule has 3 fully saturated rings. The number of hydrogen-bond acceptors (Lipinski definition) is 6. The first-order valence-electron chi connectivity index (χ1n) is 15.2. The van der Waals surface area contributed by atoms with Gasteiger partial charge in [0.05, 0.1) is 5.41 Å². The number of benzene rings is 1. The average molecular weight is 626 g/mol. The Morgan fingerprint density at radius 3 is 1.86 bits per heavy atom. The minimum Gasteiger partial charge on any atom is -0.334 e. The summed E-state index contributed by atoms with van der Waals surface area (Å²) in [6, 6.07) is 8.93. The first-order valence-corrected chi connectivity index (χ1v) is 18.1. The first-order chi connectivity index (χ1) is 20.0. The average Bonchev–Trinajstić information content (AvgIpc) is 3.38. The van der Waals surface area contributed by atoms with Crippen LogP contribution >= 0.6 is 0 Å². The molecule has 2 saturated carbocycles. The first kappa shape index (κ1) is 33.0. The van der Waals surface area contributed by atoms with Crippen LogP contribution in [0.4, 0.5) is 0 Å². The third-order valence-corrected chi connectivity index (χ3v) is 10.2. The van der Waals surface area contributed by atoms with Crippen molar-refractivity contribution in [1.82, 2.24) is 23.9 Å². The van der Waals surface area contributed by atoms with Gasteiger partial charge in [-0.1, -0.05) is 62.8 Å². The van der Waals surface area contributed by atoms with E-state index < -0.39 is 20.6 Å². The van der Waals surface area contributed by atoms with Crippen LogP contribution in [0.5, 0.6) is 0 Å². The standard InChI is InChI=1S/C17H21N3.2C6H13NO3S/c1-19-11-7-17(8-12-19)15-5-3-2-4-14(15)6-10-20-13-9-18-16(17)20;2*8-11(9,10)7-6-4-2-1-3-5-6/h2-5,9,13H,6-8,10-12H2,1H3;2*6-7H,1-5H2,(H,8,9,10). The van der Waals surface area contributed by atoms with Gasteiger partial charge >= 0.3 is 20.6 Å². The van der Waals surface area contributed by atoms with Crippen molar-refractivity contribution in [3.8, 4) is 0 Å². The van der Waals surface area contributed by atoms with Crippen molar-refractivity contribution in [3.63, 3.8) is 0 Å². The summed E-state index contributed by atoms with van der Waals surface area (Å²) in [6.07, 6.45) is 17.5. The number of aryl methyl sites for hydroxylation is 2. The Bertz CT molecular complexity index is 1300. The molecule has 1 aromatic heterocycles. The lowest BCUT2D eigenvalue weighted by Crippen LogP contribution is -2.43. The zero-order valence-electron chi connectivity index (χ0n) is 24.6. The van der Waals surface area contributed by atoms with E-state index in [1.165, 1.54) is 42.6 Å². The fourth-order valence-corrected chi connectivity index (χ4v) is 8.14. The molecule has 1 spiro atoms. The Balaban J connectivity index is 0.000000158. The second-order valence-electron chi connectivity index (χ2n) is 12.1. The molecular weight excluding hydrogens is 578 g/mol. The molecule has 3 heterocycles. The van der Waals surface area contributed by atoms with Crippen LogP contribution in [0.15, 0.2) is 36.7 Å². The smallest absolute Gasteiger partial charge is 0.333 e. The number of rotatable bonds is 4. The van der Waals surface area contributed by atoms with Gasteiger partial charge in [0.1, 0.15) is 5.82 Å². The minimum atomic E-state index is -3.97. The van der Waals surface area contributed by atoms with Crippen LogP contribution in [0.3, 0.4) is 0 Å². The lowest BCUT2D eigenvalue weighted by atomic mass is 9.70. The van der Waals surface area contributed by atoms with E-state index >= 15 is 0 Å². The van der Waals surface area contributed by atoms with Gasteiger partial charge in [-0.15, -0.1) is 0 Å². The monoisotopic (exact) mass is 625 g/mol. The molecule has 2 aliphatic carbocycles. The number of fused-ring (bicyclic) bond motifs is 4. The molecule has 0 radical (unpaired) electrons. The Morgan fingerprint density at radius 2 is 1.33 bits per heavy atom. The molecule has 0 atom stereocenters. The van der Waals surface area contributed by atoms with Crippen LogP contribution in [-0.2, 0) is 39.0 Å². The van der Waals surface area contributed by atoms with Gasteiger partial charge in [0.25, 0.3) is 0 Å². The van der Waals surface area contributed by atoms with Gasteiger partial charge in [-0.05, 0) is 76.2 Å². The van der Waals surface area contributed by atoms with Crippen LogP contribution in [-0.4, -0.2) is 72.6 Å². The summed E-state index contributed by atoms with van der Waals surface area (Å²) in [5, 5.41) is 0. The van der Waals surface area contributed by atoms with E-state index in [-0.39, 0.29) is 17.5 Å². The minimum absolute atomic E-state index is 0.0428. The number of likely N-dealkylation sites (tertiary alicyclic amines) is 1. The van der Waals surface area contributed by atoms with Crippen molar-refractivity contribution in [2.24, 2.45) is 0 Å². The maximum Gasteiger partial charge on any atom is 0.333 e. The zero-order chi connectivity index (χ0) is 30.2. The largest absolute Gasteiger partial charge is 0.334 e. The number of imidazole rings is 1. The van der Waals surface area contributed by atoms with Gasteiger partial charge in [-0.3, -0.25) is 9.11 Å². The van der Waals surface area contributed by atoms with E-state index in [0.717, 1.165) is 77.4 Å². The summed E-state index contributed by atoms with van der Waals surface area (Å²) in [7, 11) is -5.72. The number of nitrogens with one attached hydrogen (secondary N) is 2. The van der Waals surface area contributed by atoms with Crippen molar-refractivity contribution >= 4 is 20.6 Å². The highest BCUT2D eigenvalue weighted by Gasteiger charge is 2.42. The van der Waals surface area contributed by atoms with E-state index in [0.29, 0.717) is 0 Å². The molecule has 0 amide bonds. The molecule has 6 rings (SSSR count). The Kier molecular flexibility index (Phi) is 11.6. The molecule has 0 unspecified atom stereocenters. The van der Waals surface area contributed by atoms with Crippen LogP contribution in [0.25, 0.3) is 0 Å². The molecule has 1 saturated heterocycles. The van der Waals surface area contributed by atoms with E-state index in [1.807, 2.05) is 6.20 Å². The van der Waals surface area contributed by atoms with E-state index in [9.17, 15) is 16.8 Å². The maximum atomic E-state index is 10.3. The van der Waals surface area contributed by atoms with Crippen molar-refractivity contribution in [2.75, 3.05) is 20.1 Å². The molecule has 2 aromatic rings. The molecule has 1 aromatic carbocycles. The number of hydrogen-bond donors (Lipinski definition) is 4. The van der Waals surface area contributed by atoms with Gasteiger partial charge in [-0.2, -0.15) is 26.3 Å². The van der Waals surface area contributed by atoms with Crippen molar-refractivity contribution in [3.05, 3.63) is 53.6 Å². The molecule has 11 nitrogen and oxygen atoms in total. The molecule has 236 valence electrons. The number of aromatic nitrogens is 2. The van der Waals surface area contributed by atoms with Crippen LogP contribution in [0.2, 0.25) is 0 Å². The second kappa shape index (κ2) is 14.7. The summed E-state index contributed by atoms with van der Waals surface area (Å²) in [5.74, 6) is 1.29. The fraction of sp³-hybridized carbons (Fsp3) is 0.690. The highest BCUT2D eigenvalue weighted by molar-refractivity contribution is 7.84. The van der Waals surface area contributed by atoms with Crippen molar-refractivity contribution in [1.29, 1.82) is 0 Å². The zero-order valence-corrected chi connectivity index (χ0v) is 26.3. The van der Waals surface area contributed by atoms with Gasteiger partial charge in [0.2, 0.25) is 0 Å². The number of nitrogens with zero attached hydrogens (tertiary/aromatic N) is 3. The molecule has 4 N–H and O–H groups in total. The lowest BCUT2D eigenvalue weighted by Gasteiger charge is -2.40. The summed E-state index contributed by atoms with van der Waals surface area (Å²) in [6.45, 7) is 3.37. The summed E-state index contributed by atoms with van der Waals surface area (Å²) in [5.41, 5.74) is 3.17. The summed E-state index contributed by atoms with van der Waals surface area (Å²) < 4.78 is 65.0. The highest BCUT2D eigenvalue weighted by atomic mass is 32.2. The summed E-state index contributed by atoms with van der Waals surface area (Å²) in [4.78, 5) is 7.20. The molecule has 13 heteroatoms. The van der Waals surface area contributed by atoms with E-state index in [2.05, 4.69) is 56.4 Å². The van der Waals surface area contributed by atoms with E-state index in [1.54, 1.807) is 0 Å². The lowest BCUT2D eigenvalue weighted by molar-refractivity contribution is 0.205. The Labute approximate surface area is 251 Å². The quantitative estimate of drug-likeness (QED) is 0.374. The van der Waals surface area contributed by atoms with Crippen molar-refractivity contribution in [2.45, 2.75) is 108 Å². The second-order valence-corrected chi connectivity index (χ2v) is 14.5. The normalized spacial score (nSPS) is 21.6. The van der Waals surface area contributed by atoms with Crippen LogP contribution in [0.1, 0.15) is 94.0 Å². The SMILES string of the molecule is CN1CCC2(CC1)c1ccccc1CCn1ccnc12.O=S(=O)(O)NC1CCCCC1.O=S(=O)(O)NC1CCCCC1. The Hall–Kier alpha value is -1.87. The van der Waals surface area contributed by atoms with Gasteiger partial charge in [-0.25, -0.2) is 4.98 Å². The van der Waals surface area contributed by atoms with Crippen LogP contribution < -0.4 is 9.44 Å². The molecule has 0 bridgehead atoms. The topological polar surface area (TPSA) is 154 Å². The van der Waals surface area contributed by atoms with E-state index in [4.69, 9.17) is 14.1 Å². The number of piperidine rings is 1.